The number of methoxy groups -OCH3 is 1. The van der Waals surface area contributed by atoms with Crippen molar-refractivity contribution in [1.29, 1.82) is 5.26 Å². The van der Waals surface area contributed by atoms with Crippen LogP contribution in [-0.2, 0) is 6.42 Å². The van der Waals surface area contributed by atoms with Gasteiger partial charge in [-0.1, -0.05) is 19.9 Å². The summed E-state index contributed by atoms with van der Waals surface area (Å²) in [4.78, 5) is 7.58. The maximum Gasteiger partial charge on any atom is 0.128 e. The van der Waals surface area contributed by atoms with Crippen molar-refractivity contribution in [1.82, 2.24) is 9.97 Å². The molecule has 4 heteroatoms. The normalized spacial score (nSPS) is 11.9. The fourth-order valence-electron chi connectivity index (χ4n) is 2.18. The van der Waals surface area contributed by atoms with Gasteiger partial charge in [0.1, 0.15) is 17.5 Å². The van der Waals surface area contributed by atoms with E-state index in [1.54, 1.807) is 13.3 Å². The lowest BCUT2D eigenvalue weighted by Gasteiger charge is -2.09. The van der Waals surface area contributed by atoms with Crippen molar-refractivity contribution in [2.75, 3.05) is 7.11 Å². The summed E-state index contributed by atoms with van der Waals surface area (Å²) in [7, 11) is 1.66. The molecule has 0 saturated heterocycles. The average molecular weight is 269 g/mol. The summed E-state index contributed by atoms with van der Waals surface area (Å²) in [5.41, 5.74) is 3.11. The van der Waals surface area contributed by atoms with E-state index in [2.05, 4.69) is 35.1 Å². The lowest BCUT2D eigenvalue weighted by molar-refractivity contribution is 0.416. The van der Waals surface area contributed by atoms with Gasteiger partial charge in [-0.15, -0.1) is 0 Å². The Labute approximate surface area is 119 Å². The molecule has 1 atom stereocenters. The van der Waals surface area contributed by atoms with Crippen molar-refractivity contribution >= 4 is 0 Å². The van der Waals surface area contributed by atoms with E-state index in [1.165, 1.54) is 5.56 Å². The largest absolute Gasteiger partial charge is 0.496 e. The number of nitrogens with zero attached hydrogens (tertiary/aromatic N) is 2. The predicted molar refractivity (Wildman–Crippen MR) is 78.6 cm³/mol. The van der Waals surface area contributed by atoms with Crippen LogP contribution < -0.4 is 4.74 Å². The van der Waals surface area contributed by atoms with Crippen LogP contribution in [0.4, 0.5) is 0 Å². The van der Waals surface area contributed by atoms with Gasteiger partial charge >= 0.3 is 0 Å². The molecular formula is C16H19N3O. The van der Waals surface area contributed by atoms with Crippen LogP contribution in [-0.4, -0.2) is 17.1 Å². The number of ether oxygens (including phenoxy) is 1. The second-order valence-corrected chi connectivity index (χ2v) is 4.66. The van der Waals surface area contributed by atoms with Gasteiger partial charge in [0.2, 0.25) is 0 Å². The van der Waals surface area contributed by atoms with Crippen molar-refractivity contribution in [2.24, 2.45) is 0 Å². The number of aromatic amines is 1. The highest BCUT2D eigenvalue weighted by molar-refractivity contribution is 5.67. The van der Waals surface area contributed by atoms with Crippen LogP contribution in [0.5, 0.6) is 5.75 Å². The Balaban J connectivity index is 2.44. The molecule has 1 aromatic heterocycles. The standard InChI is InChI=1S/C16H19N3O/c1-4-11-6-7-15(20-3)13(8-11)14-10-18-16(19-14)12(5-2)9-17/h6-8,10,12H,4-5H2,1-3H3,(H,18,19). The molecule has 0 amide bonds. The van der Waals surface area contributed by atoms with Gasteiger partial charge in [0.25, 0.3) is 0 Å². The van der Waals surface area contributed by atoms with Gasteiger partial charge in [-0.3, -0.25) is 0 Å². The van der Waals surface area contributed by atoms with Gasteiger partial charge in [0, 0.05) is 5.56 Å². The maximum absolute atomic E-state index is 9.11. The van der Waals surface area contributed by atoms with Gasteiger partial charge in [0.05, 0.1) is 25.1 Å². The molecule has 0 aliphatic rings. The summed E-state index contributed by atoms with van der Waals surface area (Å²) >= 11 is 0. The number of nitrogens with one attached hydrogen (secondary N) is 1. The first kappa shape index (κ1) is 14.1. The van der Waals surface area contributed by atoms with Crippen molar-refractivity contribution in [3.63, 3.8) is 0 Å². The van der Waals surface area contributed by atoms with E-state index in [1.807, 2.05) is 13.0 Å². The Bertz CT molecular complexity index is 625. The third kappa shape index (κ3) is 2.67. The molecule has 0 aliphatic heterocycles. The van der Waals surface area contributed by atoms with Crippen molar-refractivity contribution < 1.29 is 4.74 Å². The van der Waals surface area contributed by atoms with Crippen LogP contribution in [0.1, 0.15) is 37.6 Å². The predicted octanol–water partition coefficient (Wildman–Crippen LogP) is 3.66. The van der Waals surface area contributed by atoms with Gasteiger partial charge in [-0.2, -0.15) is 5.26 Å². The van der Waals surface area contributed by atoms with Crippen molar-refractivity contribution in [3.05, 3.63) is 35.8 Å². The lowest BCUT2D eigenvalue weighted by atomic mass is 10.1. The van der Waals surface area contributed by atoms with Gasteiger partial charge in [-0.25, -0.2) is 4.98 Å². The Morgan fingerprint density at radius 3 is 2.80 bits per heavy atom. The number of hydrogen-bond donors (Lipinski definition) is 1. The zero-order chi connectivity index (χ0) is 14.5. The zero-order valence-corrected chi connectivity index (χ0v) is 12.1. The van der Waals surface area contributed by atoms with Crippen LogP contribution in [0.15, 0.2) is 24.4 Å². The molecule has 1 aromatic carbocycles. The summed E-state index contributed by atoms with van der Waals surface area (Å²) in [5, 5.41) is 9.11. The van der Waals surface area contributed by atoms with Gasteiger partial charge in [0.15, 0.2) is 0 Å². The lowest BCUT2D eigenvalue weighted by Crippen LogP contribution is -1.96. The highest BCUT2D eigenvalue weighted by Crippen LogP contribution is 2.31. The summed E-state index contributed by atoms with van der Waals surface area (Å²) in [6.07, 6.45) is 3.48. The minimum absolute atomic E-state index is 0.191. The number of aryl methyl sites for hydroxylation is 1. The smallest absolute Gasteiger partial charge is 0.128 e. The fraction of sp³-hybridized carbons (Fsp3) is 0.375. The van der Waals surface area contributed by atoms with Crippen LogP contribution in [0, 0.1) is 11.3 Å². The monoisotopic (exact) mass is 269 g/mol. The molecule has 0 fully saturated rings. The number of imidazole rings is 1. The second kappa shape index (κ2) is 6.25. The van der Waals surface area contributed by atoms with E-state index in [-0.39, 0.29) is 5.92 Å². The minimum atomic E-state index is -0.191. The Hall–Kier alpha value is -2.28. The van der Waals surface area contributed by atoms with E-state index >= 15 is 0 Å². The average Bonchev–Trinajstić information content (AvgIpc) is 2.97. The molecule has 104 valence electrons. The molecule has 0 bridgehead atoms. The topological polar surface area (TPSA) is 61.7 Å². The summed E-state index contributed by atoms with van der Waals surface area (Å²) in [6, 6.07) is 8.39. The Morgan fingerprint density at radius 1 is 1.40 bits per heavy atom. The SMILES string of the molecule is CCc1ccc(OC)c(-c2cnc(C(C#N)CC)[nH]2)c1. The third-order valence-corrected chi connectivity index (χ3v) is 3.45. The Morgan fingerprint density at radius 2 is 2.20 bits per heavy atom. The summed E-state index contributed by atoms with van der Waals surface area (Å²) < 4.78 is 5.41. The molecule has 2 rings (SSSR count). The first-order valence-electron chi connectivity index (χ1n) is 6.85. The van der Waals surface area contributed by atoms with E-state index < -0.39 is 0 Å². The highest BCUT2D eigenvalue weighted by atomic mass is 16.5. The van der Waals surface area contributed by atoms with Crippen LogP contribution >= 0.6 is 0 Å². The first-order chi connectivity index (χ1) is 9.73. The number of benzene rings is 1. The van der Waals surface area contributed by atoms with E-state index in [0.29, 0.717) is 5.82 Å². The molecule has 2 aromatic rings. The summed E-state index contributed by atoms with van der Waals surface area (Å²) in [5.74, 6) is 1.33. The molecule has 0 aliphatic carbocycles. The molecule has 0 spiro atoms. The molecule has 0 saturated carbocycles. The first-order valence-corrected chi connectivity index (χ1v) is 6.85. The number of nitriles is 1. The molecule has 0 radical (unpaired) electrons. The van der Waals surface area contributed by atoms with Crippen molar-refractivity contribution in [2.45, 2.75) is 32.6 Å². The zero-order valence-electron chi connectivity index (χ0n) is 12.1. The number of aromatic nitrogens is 2. The van der Waals surface area contributed by atoms with Gasteiger partial charge < -0.3 is 9.72 Å². The van der Waals surface area contributed by atoms with E-state index in [0.717, 1.165) is 29.8 Å². The summed E-state index contributed by atoms with van der Waals surface area (Å²) in [6.45, 7) is 4.10. The third-order valence-electron chi connectivity index (χ3n) is 3.45. The molecule has 1 unspecified atom stereocenters. The van der Waals surface area contributed by atoms with Crippen LogP contribution in [0.3, 0.4) is 0 Å². The molecule has 1 heterocycles. The van der Waals surface area contributed by atoms with Crippen molar-refractivity contribution in [3.8, 4) is 23.1 Å². The molecule has 4 nitrogen and oxygen atoms in total. The van der Waals surface area contributed by atoms with E-state index in [4.69, 9.17) is 10.00 Å². The molecule has 1 N–H and O–H groups in total. The van der Waals surface area contributed by atoms with E-state index in [9.17, 15) is 0 Å². The molecular weight excluding hydrogens is 250 g/mol. The number of hydrogen-bond acceptors (Lipinski definition) is 3. The fourth-order valence-corrected chi connectivity index (χ4v) is 2.18. The van der Waals surface area contributed by atoms with Crippen LogP contribution in [0.25, 0.3) is 11.3 Å². The quantitative estimate of drug-likeness (QED) is 0.900. The van der Waals surface area contributed by atoms with Gasteiger partial charge in [-0.05, 0) is 30.5 Å². The number of rotatable bonds is 5. The van der Waals surface area contributed by atoms with Crippen LogP contribution in [0.2, 0.25) is 0 Å². The Kier molecular flexibility index (Phi) is 4.41. The minimum Gasteiger partial charge on any atom is -0.496 e. The highest BCUT2D eigenvalue weighted by Gasteiger charge is 2.15. The second-order valence-electron chi connectivity index (χ2n) is 4.66. The maximum atomic E-state index is 9.11. The number of H-pyrrole nitrogens is 1. The molecule has 20 heavy (non-hydrogen) atoms.